The number of nitrogens with zero attached hydrogens (tertiary/aromatic N) is 1. The zero-order valence-corrected chi connectivity index (χ0v) is 13.3. The van der Waals surface area contributed by atoms with Crippen LogP contribution in [-0.2, 0) is 0 Å². The molecular weight excluding hydrogens is 302 g/mol. The molecule has 2 rings (SSSR count). The predicted molar refractivity (Wildman–Crippen MR) is 82.0 cm³/mol. The lowest BCUT2D eigenvalue weighted by Gasteiger charge is -2.15. The first kappa shape index (κ1) is 14.1. The van der Waals surface area contributed by atoms with E-state index in [1.165, 1.54) is 11.1 Å². The van der Waals surface area contributed by atoms with Gasteiger partial charge in [0.1, 0.15) is 5.75 Å². The molecule has 0 atom stereocenters. The zero-order valence-electron chi connectivity index (χ0n) is 11.7. The van der Waals surface area contributed by atoms with Crippen LogP contribution in [0.5, 0.6) is 11.6 Å². The van der Waals surface area contributed by atoms with E-state index >= 15 is 0 Å². The highest BCUT2D eigenvalue weighted by Gasteiger charge is 2.11. The molecular formula is C16H18BrNO. The second kappa shape index (κ2) is 5.74. The number of aryl methyl sites for hydroxylation is 2. The van der Waals surface area contributed by atoms with Crippen molar-refractivity contribution in [1.82, 2.24) is 4.98 Å². The molecule has 0 saturated carbocycles. The molecule has 2 nitrogen and oxygen atoms in total. The van der Waals surface area contributed by atoms with Crippen LogP contribution >= 0.6 is 15.9 Å². The third kappa shape index (κ3) is 3.35. The van der Waals surface area contributed by atoms with E-state index in [0.29, 0.717) is 11.8 Å². The Kier molecular flexibility index (Phi) is 4.25. The van der Waals surface area contributed by atoms with Gasteiger partial charge in [0, 0.05) is 16.2 Å². The Hall–Kier alpha value is -1.35. The molecule has 0 N–H and O–H groups in total. The Labute approximate surface area is 123 Å². The molecule has 0 fully saturated rings. The van der Waals surface area contributed by atoms with Gasteiger partial charge in [-0.2, -0.15) is 0 Å². The standard InChI is InChI=1S/C16H18BrNO/c1-10(2)14-6-5-11(3)7-15(14)19-16-12(4)8-13(17)9-18-16/h5-10H,1-4H3. The first-order valence-corrected chi connectivity index (χ1v) is 7.17. The highest BCUT2D eigenvalue weighted by Crippen LogP contribution is 2.32. The number of hydrogen-bond donors (Lipinski definition) is 0. The molecule has 0 saturated heterocycles. The molecule has 0 aliphatic rings. The minimum atomic E-state index is 0.423. The number of pyridine rings is 1. The summed E-state index contributed by atoms with van der Waals surface area (Å²) in [5.41, 5.74) is 3.41. The molecule has 19 heavy (non-hydrogen) atoms. The molecule has 0 aliphatic carbocycles. The van der Waals surface area contributed by atoms with Crippen LogP contribution in [0, 0.1) is 13.8 Å². The summed E-state index contributed by atoms with van der Waals surface area (Å²) in [5.74, 6) is 1.98. The van der Waals surface area contributed by atoms with Crippen LogP contribution < -0.4 is 4.74 Å². The third-order valence-electron chi connectivity index (χ3n) is 2.99. The lowest BCUT2D eigenvalue weighted by molar-refractivity contribution is 0.450. The summed E-state index contributed by atoms with van der Waals surface area (Å²) in [5, 5.41) is 0. The van der Waals surface area contributed by atoms with Gasteiger partial charge in [0.2, 0.25) is 5.88 Å². The Morgan fingerprint density at radius 1 is 1.16 bits per heavy atom. The van der Waals surface area contributed by atoms with Crippen LogP contribution in [0.2, 0.25) is 0 Å². The summed E-state index contributed by atoms with van der Waals surface area (Å²) in [6.07, 6.45) is 1.76. The van der Waals surface area contributed by atoms with Gasteiger partial charge in [0.25, 0.3) is 0 Å². The number of benzene rings is 1. The van der Waals surface area contributed by atoms with Crippen molar-refractivity contribution in [3.8, 4) is 11.6 Å². The second-order valence-corrected chi connectivity index (χ2v) is 5.99. The zero-order chi connectivity index (χ0) is 14.0. The summed E-state index contributed by atoms with van der Waals surface area (Å²) in [6.45, 7) is 8.40. The van der Waals surface area contributed by atoms with Crippen LogP contribution in [0.3, 0.4) is 0 Å². The maximum absolute atomic E-state index is 6.01. The maximum atomic E-state index is 6.01. The molecule has 0 spiro atoms. The van der Waals surface area contributed by atoms with Crippen molar-refractivity contribution < 1.29 is 4.74 Å². The van der Waals surface area contributed by atoms with Crippen molar-refractivity contribution in [3.05, 3.63) is 51.6 Å². The van der Waals surface area contributed by atoms with Crippen LogP contribution in [0.25, 0.3) is 0 Å². The lowest BCUT2D eigenvalue weighted by Crippen LogP contribution is -1.97. The molecule has 0 bridgehead atoms. The van der Waals surface area contributed by atoms with E-state index in [1.807, 2.05) is 13.0 Å². The molecule has 100 valence electrons. The summed E-state index contributed by atoms with van der Waals surface area (Å²) >= 11 is 3.41. The van der Waals surface area contributed by atoms with Gasteiger partial charge in [0.15, 0.2) is 0 Å². The molecule has 2 aromatic rings. The van der Waals surface area contributed by atoms with Crippen LogP contribution in [0.4, 0.5) is 0 Å². The maximum Gasteiger partial charge on any atom is 0.222 e. The average molecular weight is 320 g/mol. The number of hydrogen-bond acceptors (Lipinski definition) is 2. The topological polar surface area (TPSA) is 22.1 Å². The smallest absolute Gasteiger partial charge is 0.222 e. The number of aromatic nitrogens is 1. The molecule has 1 aromatic heterocycles. The Morgan fingerprint density at radius 3 is 2.53 bits per heavy atom. The van der Waals surface area contributed by atoms with Crippen molar-refractivity contribution in [2.75, 3.05) is 0 Å². The van der Waals surface area contributed by atoms with Gasteiger partial charge in [-0.1, -0.05) is 26.0 Å². The fourth-order valence-corrected chi connectivity index (χ4v) is 2.39. The first-order chi connectivity index (χ1) is 8.97. The Morgan fingerprint density at radius 2 is 1.89 bits per heavy atom. The van der Waals surface area contributed by atoms with Gasteiger partial charge in [-0.15, -0.1) is 0 Å². The number of halogens is 1. The largest absolute Gasteiger partial charge is 0.438 e. The predicted octanol–water partition coefficient (Wildman–Crippen LogP) is 5.38. The molecule has 0 amide bonds. The summed E-state index contributed by atoms with van der Waals surface area (Å²) in [6, 6.07) is 8.32. The molecule has 0 radical (unpaired) electrons. The van der Waals surface area contributed by atoms with E-state index in [0.717, 1.165) is 15.8 Å². The third-order valence-corrected chi connectivity index (χ3v) is 3.43. The van der Waals surface area contributed by atoms with E-state index in [4.69, 9.17) is 4.74 Å². The van der Waals surface area contributed by atoms with E-state index in [-0.39, 0.29) is 0 Å². The molecule has 1 heterocycles. The Bertz CT molecular complexity index is 593. The van der Waals surface area contributed by atoms with Gasteiger partial charge in [-0.05, 0) is 59.0 Å². The minimum Gasteiger partial charge on any atom is -0.438 e. The van der Waals surface area contributed by atoms with Gasteiger partial charge in [-0.25, -0.2) is 4.98 Å². The van der Waals surface area contributed by atoms with Crippen molar-refractivity contribution in [3.63, 3.8) is 0 Å². The van der Waals surface area contributed by atoms with E-state index in [2.05, 4.69) is 59.9 Å². The van der Waals surface area contributed by atoms with Gasteiger partial charge in [-0.3, -0.25) is 0 Å². The van der Waals surface area contributed by atoms with Crippen LogP contribution in [0.1, 0.15) is 36.5 Å². The van der Waals surface area contributed by atoms with Gasteiger partial charge in [0.05, 0.1) is 0 Å². The Balaban J connectivity index is 2.39. The highest BCUT2D eigenvalue weighted by molar-refractivity contribution is 9.10. The van der Waals surface area contributed by atoms with Crippen molar-refractivity contribution in [2.45, 2.75) is 33.6 Å². The van der Waals surface area contributed by atoms with E-state index in [1.54, 1.807) is 6.20 Å². The quantitative estimate of drug-likeness (QED) is 0.758. The van der Waals surface area contributed by atoms with Crippen molar-refractivity contribution in [2.24, 2.45) is 0 Å². The van der Waals surface area contributed by atoms with Gasteiger partial charge >= 0.3 is 0 Å². The molecule has 0 aliphatic heterocycles. The number of rotatable bonds is 3. The van der Waals surface area contributed by atoms with E-state index in [9.17, 15) is 0 Å². The normalized spacial score (nSPS) is 10.8. The SMILES string of the molecule is Cc1ccc(C(C)C)c(Oc2ncc(Br)cc2C)c1. The highest BCUT2D eigenvalue weighted by atomic mass is 79.9. The summed E-state index contributed by atoms with van der Waals surface area (Å²) < 4.78 is 6.97. The fourth-order valence-electron chi connectivity index (χ4n) is 1.95. The molecule has 1 aromatic carbocycles. The fraction of sp³-hybridized carbons (Fsp3) is 0.312. The minimum absolute atomic E-state index is 0.423. The first-order valence-electron chi connectivity index (χ1n) is 6.38. The van der Waals surface area contributed by atoms with Crippen LogP contribution in [-0.4, -0.2) is 4.98 Å². The summed E-state index contributed by atoms with van der Waals surface area (Å²) in [4.78, 5) is 4.33. The second-order valence-electron chi connectivity index (χ2n) is 5.07. The van der Waals surface area contributed by atoms with Crippen molar-refractivity contribution >= 4 is 15.9 Å². The average Bonchev–Trinajstić information content (AvgIpc) is 2.32. The lowest BCUT2D eigenvalue weighted by atomic mass is 10.0. The molecule has 0 unspecified atom stereocenters. The van der Waals surface area contributed by atoms with Crippen molar-refractivity contribution in [1.29, 1.82) is 0 Å². The number of ether oxygens (including phenoxy) is 1. The summed E-state index contributed by atoms with van der Waals surface area (Å²) in [7, 11) is 0. The van der Waals surface area contributed by atoms with Gasteiger partial charge < -0.3 is 4.74 Å². The monoisotopic (exact) mass is 319 g/mol. The molecule has 3 heteroatoms. The van der Waals surface area contributed by atoms with E-state index < -0.39 is 0 Å². The van der Waals surface area contributed by atoms with Crippen LogP contribution in [0.15, 0.2) is 34.9 Å².